The molecule has 0 bridgehead atoms. The van der Waals surface area contributed by atoms with Crippen molar-refractivity contribution >= 4 is 27.4 Å². The quantitative estimate of drug-likeness (QED) is 0.313. The number of thiophene rings is 1. The molecule has 0 spiro atoms. The average Bonchev–Trinajstić information content (AvgIpc) is 3.66. The molecule has 8 nitrogen and oxygen atoms in total. The van der Waals surface area contributed by atoms with Gasteiger partial charge in [-0.3, -0.25) is 0 Å². The van der Waals surface area contributed by atoms with E-state index in [-0.39, 0.29) is 6.79 Å². The van der Waals surface area contributed by atoms with Gasteiger partial charge in [-0.05, 0) is 42.2 Å². The highest BCUT2D eigenvalue weighted by molar-refractivity contribution is 7.18. The summed E-state index contributed by atoms with van der Waals surface area (Å²) in [7, 11) is 0. The molecule has 0 N–H and O–H groups in total. The molecule has 0 atom stereocenters. The van der Waals surface area contributed by atoms with E-state index in [2.05, 4.69) is 64.4 Å². The van der Waals surface area contributed by atoms with E-state index in [0.29, 0.717) is 5.95 Å². The Balaban J connectivity index is 1.40. The summed E-state index contributed by atoms with van der Waals surface area (Å²) in [4.78, 5) is 18.5. The second kappa shape index (κ2) is 9.34. The van der Waals surface area contributed by atoms with Crippen molar-refractivity contribution in [2.45, 2.75) is 26.3 Å². The van der Waals surface area contributed by atoms with E-state index in [1.54, 1.807) is 22.3 Å². The Labute approximate surface area is 206 Å². The van der Waals surface area contributed by atoms with E-state index < -0.39 is 0 Å². The molecule has 6 rings (SSSR count). The molecule has 1 aliphatic heterocycles. The highest BCUT2D eigenvalue weighted by atomic mass is 32.1. The van der Waals surface area contributed by atoms with E-state index in [1.165, 1.54) is 22.3 Å². The van der Waals surface area contributed by atoms with Crippen molar-refractivity contribution in [1.29, 1.82) is 0 Å². The first-order valence-electron chi connectivity index (χ1n) is 11.6. The van der Waals surface area contributed by atoms with Crippen molar-refractivity contribution in [3.63, 3.8) is 0 Å². The minimum atomic E-state index is 0.279. The Bertz CT molecular complexity index is 1450. The van der Waals surface area contributed by atoms with Gasteiger partial charge in [-0.15, -0.1) is 11.3 Å². The predicted molar refractivity (Wildman–Crippen MR) is 135 cm³/mol. The number of benzene rings is 2. The zero-order valence-electron chi connectivity index (χ0n) is 19.3. The molecule has 0 saturated carbocycles. The fourth-order valence-electron chi connectivity index (χ4n) is 4.20. The van der Waals surface area contributed by atoms with Crippen LogP contribution in [0.5, 0.6) is 11.5 Å². The zero-order valence-corrected chi connectivity index (χ0v) is 20.1. The third kappa shape index (κ3) is 4.42. The highest BCUT2D eigenvalue weighted by Gasteiger charge is 2.20. The largest absolute Gasteiger partial charge is 0.454 e. The number of nitrogens with zero attached hydrogens (tertiary/aromatic N) is 6. The summed E-state index contributed by atoms with van der Waals surface area (Å²) in [6, 6.07) is 18.9. The van der Waals surface area contributed by atoms with Crippen molar-refractivity contribution in [3.8, 4) is 17.4 Å². The maximum absolute atomic E-state index is 5.59. The minimum absolute atomic E-state index is 0.279. The predicted octanol–water partition coefficient (Wildman–Crippen LogP) is 4.81. The molecular weight excluding hydrogens is 460 g/mol. The Morgan fingerprint density at radius 3 is 2.71 bits per heavy atom. The Hall–Kier alpha value is -3.98. The Morgan fingerprint density at radius 1 is 1.00 bits per heavy atom. The molecule has 2 aromatic carbocycles. The lowest BCUT2D eigenvalue weighted by Crippen LogP contribution is -2.27. The smallest absolute Gasteiger partial charge is 0.255 e. The lowest BCUT2D eigenvalue weighted by atomic mass is 10.1. The summed E-state index contributed by atoms with van der Waals surface area (Å²) in [6.45, 7) is 3.94. The summed E-state index contributed by atoms with van der Waals surface area (Å²) in [5.74, 6) is 3.03. The van der Waals surface area contributed by atoms with Crippen LogP contribution < -0.4 is 14.4 Å². The monoisotopic (exact) mass is 484 g/mol. The van der Waals surface area contributed by atoms with Crippen LogP contribution in [0, 0.1) is 0 Å². The van der Waals surface area contributed by atoms with Gasteiger partial charge < -0.3 is 14.4 Å². The summed E-state index contributed by atoms with van der Waals surface area (Å²) < 4.78 is 12.7. The number of rotatable bonds is 8. The molecule has 0 radical (unpaired) electrons. The third-order valence-electron chi connectivity index (χ3n) is 6.01. The van der Waals surface area contributed by atoms with Crippen LogP contribution in [0.2, 0.25) is 0 Å². The van der Waals surface area contributed by atoms with E-state index in [9.17, 15) is 0 Å². The van der Waals surface area contributed by atoms with Crippen LogP contribution in [0.3, 0.4) is 0 Å². The second-order valence-electron chi connectivity index (χ2n) is 8.32. The van der Waals surface area contributed by atoms with Crippen LogP contribution in [-0.4, -0.2) is 38.1 Å². The number of fused-ring (bicyclic) bond motifs is 2. The fraction of sp³-hybridized carbons (Fsp3) is 0.231. The number of hydrogen-bond acceptors (Lipinski definition) is 8. The molecule has 0 aliphatic carbocycles. The Kier molecular flexibility index (Phi) is 5.75. The lowest BCUT2D eigenvalue weighted by Gasteiger charge is -2.25. The minimum Gasteiger partial charge on any atom is -0.454 e. The summed E-state index contributed by atoms with van der Waals surface area (Å²) in [5, 5.41) is 5.34. The van der Waals surface area contributed by atoms with Crippen LogP contribution in [0.4, 0.5) is 5.82 Å². The van der Waals surface area contributed by atoms with Crippen molar-refractivity contribution in [3.05, 3.63) is 83.3 Å². The van der Waals surface area contributed by atoms with Gasteiger partial charge in [0.05, 0.1) is 5.39 Å². The summed E-state index contributed by atoms with van der Waals surface area (Å²) >= 11 is 1.70. The van der Waals surface area contributed by atoms with E-state index >= 15 is 0 Å². The zero-order chi connectivity index (χ0) is 23.6. The van der Waals surface area contributed by atoms with E-state index in [4.69, 9.17) is 19.4 Å². The first kappa shape index (κ1) is 21.5. The van der Waals surface area contributed by atoms with Crippen LogP contribution in [-0.2, 0) is 19.4 Å². The molecule has 0 unspecified atom stereocenters. The molecule has 176 valence electrons. The number of aryl methyl sites for hydroxylation is 1. The Morgan fingerprint density at radius 2 is 1.89 bits per heavy atom. The van der Waals surface area contributed by atoms with Gasteiger partial charge in [-0.25, -0.2) is 4.98 Å². The average molecular weight is 485 g/mol. The van der Waals surface area contributed by atoms with Crippen molar-refractivity contribution in [1.82, 2.24) is 24.7 Å². The molecule has 4 heterocycles. The summed E-state index contributed by atoms with van der Waals surface area (Å²) in [5.41, 5.74) is 2.41. The first-order chi connectivity index (χ1) is 17.3. The number of ether oxygens (including phenoxy) is 2. The van der Waals surface area contributed by atoms with Gasteiger partial charge in [0, 0.05) is 18.0 Å². The van der Waals surface area contributed by atoms with Crippen LogP contribution in [0.25, 0.3) is 16.2 Å². The van der Waals surface area contributed by atoms with E-state index in [0.717, 1.165) is 53.5 Å². The lowest BCUT2D eigenvalue weighted by molar-refractivity contribution is 0.174. The van der Waals surface area contributed by atoms with Crippen molar-refractivity contribution in [2.24, 2.45) is 0 Å². The molecular formula is C26H24N6O2S. The number of hydrogen-bond donors (Lipinski definition) is 0. The third-order valence-corrected chi connectivity index (χ3v) is 7.18. The van der Waals surface area contributed by atoms with Crippen molar-refractivity contribution in [2.75, 3.05) is 18.2 Å². The maximum Gasteiger partial charge on any atom is 0.255 e. The van der Waals surface area contributed by atoms with Gasteiger partial charge in [0.25, 0.3) is 5.95 Å². The van der Waals surface area contributed by atoms with Gasteiger partial charge in [-0.1, -0.05) is 43.3 Å². The summed E-state index contributed by atoms with van der Waals surface area (Å²) in [6.07, 6.45) is 4.92. The van der Waals surface area contributed by atoms with Gasteiger partial charge >= 0.3 is 0 Å². The second-order valence-corrected chi connectivity index (χ2v) is 9.43. The van der Waals surface area contributed by atoms with Crippen LogP contribution in [0.1, 0.15) is 22.9 Å². The molecule has 0 amide bonds. The topological polar surface area (TPSA) is 78.2 Å². The van der Waals surface area contributed by atoms with Gasteiger partial charge in [0.1, 0.15) is 23.3 Å². The fourth-order valence-corrected chi connectivity index (χ4v) is 5.16. The molecule has 0 saturated heterocycles. The molecule has 0 fully saturated rings. The SMILES string of the molecule is CCc1cc2c(N(CCc3ccc4c(c3)OCO4)Cc3ccccc3)nc(-n3cncn3)nc2s1. The molecule has 9 heteroatoms. The van der Waals surface area contributed by atoms with Gasteiger partial charge in [-0.2, -0.15) is 19.7 Å². The van der Waals surface area contributed by atoms with E-state index in [1.807, 2.05) is 12.1 Å². The normalized spacial score (nSPS) is 12.4. The van der Waals surface area contributed by atoms with Gasteiger partial charge in [0.2, 0.25) is 6.79 Å². The highest BCUT2D eigenvalue weighted by Crippen LogP contribution is 2.34. The van der Waals surface area contributed by atoms with Crippen LogP contribution in [0.15, 0.2) is 67.3 Å². The number of aromatic nitrogens is 5. The number of anilines is 1. The molecule has 1 aliphatic rings. The maximum atomic E-state index is 5.59. The standard InChI is InChI=1S/C26H24N6O2S/c1-2-20-13-21-24(29-26(30-25(21)35-20)32-16-27-15-28-32)31(14-19-6-4-3-5-7-19)11-10-18-8-9-22-23(12-18)34-17-33-22/h3-9,12-13,15-16H,2,10-11,14,17H2,1H3. The molecule has 35 heavy (non-hydrogen) atoms. The van der Waals surface area contributed by atoms with Crippen LogP contribution >= 0.6 is 11.3 Å². The first-order valence-corrected chi connectivity index (χ1v) is 12.4. The molecule has 5 aromatic rings. The molecule has 3 aromatic heterocycles. The van der Waals surface area contributed by atoms with Gasteiger partial charge in [0.15, 0.2) is 11.5 Å². The van der Waals surface area contributed by atoms with Crippen molar-refractivity contribution < 1.29 is 9.47 Å².